The van der Waals surface area contributed by atoms with E-state index >= 15 is 0 Å². The van der Waals surface area contributed by atoms with E-state index in [0.29, 0.717) is 12.0 Å². The second kappa shape index (κ2) is 5.75. The Labute approximate surface area is 112 Å². The van der Waals surface area contributed by atoms with Crippen LogP contribution in [0.3, 0.4) is 0 Å². The van der Waals surface area contributed by atoms with Gasteiger partial charge in [-0.2, -0.15) is 0 Å². The first-order chi connectivity index (χ1) is 8.53. The number of allylic oxidation sites excluding steroid dienone is 1. The van der Waals surface area contributed by atoms with Gasteiger partial charge in [-0.15, -0.1) is 0 Å². The number of hydrogen-bond donors (Lipinski definition) is 1. The van der Waals surface area contributed by atoms with Gasteiger partial charge in [-0.1, -0.05) is 38.3 Å². The van der Waals surface area contributed by atoms with E-state index in [-0.39, 0.29) is 0 Å². The average molecular weight is 251 g/mol. The fourth-order valence-corrected chi connectivity index (χ4v) is 3.74. The minimum absolute atomic E-state index is 0.403. The maximum Gasteiger partial charge on any atom is 0.0811 e. The molecule has 0 bridgehead atoms. The highest BCUT2D eigenvalue weighted by atomic mass is 16.3. The van der Waals surface area contributed by atoms with Crippen LogP contribution in [0.2, 0.25) is 0 Å². The van der Waals surface area contributed by atoms with Gasteiger partial charge in [-0.3, -0.25) is 4.90 Å². The Morgan fingerprint density at radius 1 is 1.56 bits per heavy atom. The van der Waals surface area contributed by atoms with Crippen molar-refractivity contribution in [2.24, 2.45) is 5.92 Å². The molecule has 18 heavy (non-hydrogen) atoms. The molecule has 2 aliphatic heterocycles. The molecule has 2 fully saturated rings. The van der Waals surface area contributed by atoms with Crippen molar-refractivity contribution in [1.29, 1.82) is 0 Å². The largest absolute Gasteiger partial charge is 0.388 e. The minimum Gasteiger partial charge on any atom is -0.388 e. The molecule has 0 aliphatic carbocycles. The van der Waals surface area contributed by atoms with Gasteiger partial charge in [0.2, 0.25) is 0 Å². The Morgan fingerprint density at radius 3 is 3.06 bits per heavy atom. The van der Waals surface area contributed by atoms with Crippen LogP contribution in [0.1, 0.15) is 59.3 Å². The number of aliphatic hydroxyl groups is 1. The predicted molar refractivity (Wildman–Crippen MR) is 76.6 cm³/mol. The Hall–Kier alpha value is -0.340. The van der Waals surface area contributed by atoms with E-state index in [1.807, 2.05) is 6.92 Å². The maximum atomic E-state index is 10.6. The zero-order valence-electron chi connectivity index (χ0n) is 12.3. The Bertz CT molecular complexity index is 308. The van der Waals surface area contributed by atoms with Gasteiger partial charge in [0.25, 0.3) is 0 Å². The summed E-state index contributed by atoms with van der Waals surface area (Å²) in [4.78, 5) is 2.49. The lowest BCUT2D eigenvalue weighted by Gasteiger charge is -2.43. The summed E-state index contributed by atoms with van der Waals surface area (Å²) in [7, 11) is 0. The van der Waals surface area contributed by atoms with E-state index < -0.39 is 5.60 Å². The monoisotopic (exact) mass is 251 g/mol. The van der Waals surface area contributed by atoms with Crippen LogP contribution in [-0.2, 0) is 0 Å². The highest BCUT2D eigenvalue weighted by Crippen LogP contribution is 2.37. The van der Waals surface area contributed by atoms with Crippen molar-refractivity contribution in [3.63, 3.8) is 0 Å². The topological polar surface area (TPSA) is 23.5 Å². The van der Waals surface area contributed by atoms with E-state index in [9.17, 15) is 5.11 Å². The molecule has 2 rings (SSSR count). The van der Waals surface area contributed by atoms with Crippen molar-refractivity contribution in [2.45, 2.75) is 70.9 Å². The number of piperidine rings is 1. The second-order valence-corrected chi connectivity index (χ2v) is 6.61. The van der Waals surface area contributed by atoms with Crippen LogP contribution in [0.5, 0.6) is 0 Å². The smallest absolute Gasteiger partial charge is 0.0811 e. The third-order valence-electron chi connectivity index (χ3n) is 4.61. The van der Waals surface area contributed by atoms with Gasteiger partial charge in [0, 0.05) is 12.6 Å². The van der Waals surface area contributed by atoms with Crippen molar-refractivity contribution in [1.82, 2.24) is 4.90 Å². The number of unbranched alkanes of at least 4 members (excludes halogenated alkanes) is 1. The average Bonchev–Trinajstić information content (AvgIpc) is 2.74. The molecule has 2 saturated heterocycles. The van der Waals surface area contributed by atoms with Crippen molar-refractivity contribution >= 4 is 0 Å². The summed E-state index contributed by atoms with van der Waals surface area (Å²) in [6.07, 6.45) is 9.60. The molecule has 1 N–H and O–H groups in total. The molecule has 104 valence electrons. The molecule has 2 aliphatic rings. The predicted octanol–water partition coefficient (Wildman–Crippen LogP) is 3.36. The zero-order valence-corrected chi connectivity index (χ0v) is 12.3. The highest BCUT2D eigenvalue weighted by molar-refractivity contribution is 5.17. The van der Waals surface area contributed by atoms with Gasteiger partial charge >= 0.3 is 0 Å². The first-order valence-corrected chi connectivity index (χ1v) is 7.69. The first kappa shape index (κ1) is 14.1. The Morgan fingerprint density at radius 2 is 2.33 bits per heavy atom. The lowest BCUT2D eigenvalue weighted by atomic mass is 9.82. The summed E-state index contributed by atoms with van der Waals surface area (Å²) in [6.45, 7) is 8.85. The van der Waals surface area contributed by atoms with Crippen LogP contribution in [0.15, 0.2) is 11.6 Å². The van der Waals surface area contributed by atoms with Crippen molar-refractivity contribution in [3.05, 3.63) is 11.6 Å². The highest BCUT2D eigenvalue weighted by Gasteiger charge is 2.43. The van der Waals surface area contributed by atoms with Gasteiger partial charge in [0.15, 0.2) is 0 Å². The summed E-state index contributed by atoms with van der Waals surface area (Å²) in [5, 5.41) is 10.6. The molecular weight excluding hydrogens is 222 g/mol. The standard InChI is InChI=1S/C16H29NO/c1-4-5-7-13(2)10-14-11-16(3,18)15-8-6-9-17(15)12-14/h10,13,15,18H,4-9,11-12H2,1-3H3/b14-10-/t13-,15+,16+/m1/s1. The summed E-state index contributed by atoms with van der Waals surface area (Å²) >= 11 is 0. The van der Waals surface area contributed by atoms with E-state index in [1.165, 1.54) is 44.2 Å². The molecule has 0 saturated carbocycles. The van der Waals surface area contributed by atoms with Crippen LogP contribution in [0.4, 0.5) is 0 Å². The summed E-state index contributed by atoms with van der Waals surface area (Å²) in [5.74, 6) is 0.662. The Kier molecular flexibility index (Phi) is 4.50. The van der Waals surface area contributed by atoms with Crippen molar-refractivity contribution in [2.75, 3.05) is 13.1 Å². The zero-order chi connectivity index (χ0) is 13.2. The van der Waals surface area contributed by atoms with Gasteiger partial charge in [0.05, 0.1) is 5.60 Å². The molecule has 0 spiro atoms. The summed E-state index contributed by atoms with van der Waals surface area (Å²) < 4.78 is 0. The third-order valence-corrected chi connectivity index (χ3v) is 4.61. The SMILES string of the molecule is CCCC[C@@H](C)/C=C1\CN2CCC[C@H]2[C@@](C)(O)C1. The molecule has 0 unspecified atom stereocenters. The number of rotatable bonds is 4. The lowest BCUT2D eigenvalue weighted by molar-refractivity contribution is -0.0330. The third kappa shape index (κ3) is 3.16. The van der Waals surface area contributed by atoms with Crippen LogP contribution in [0.25, 0.3) is 0 Å². The second-order valence-electron chi connectivity index (χ2n) is 6.61. The number of hydrogen-bond acceptors (Lipinski definition) is 2. The molecule has 0 amide bonds. The fourth-order valence-electron chi connectivity index (χ4n) is 3.74. The molecule has 0 radical (unpaired) electrons. The molecule has 2 nitrogen and oxygen atoms in total. The van der Waals surface area contributed by atoms with Crippen LogP contribution in [0, 0.1) is 5.92 Å². The van der Waals surface area contributed by atoms with Gasteiger partial charge in [-0.25, -0.2) is 0 Å². The summed E-state index contributed by atoms with van der Waals surface area (Å²) in [5.41, 5.74) is 0.951. The quantitative estimate of drug-likeness (QED) is 0.775. The van der Waals surface area contributed by atoms with Crippen LogP contribution >= 0.6 is 0 Å². The van der Waals surface area contributed by atoms with E-state index in [0.717, 1.165) is 13.0 Å². The molecule has 0 aromatic heterocycles. The normalized spacial score (nSPS) is 36.9. The Balaban J connectivity index is 2.00. The number of nitrogens with zero attached hydrogens (tertiary/aromatic N) is 1. The van der Waals surface area contributed by atoms with Crippen molar-refractivity contribution in [3.8, 4) is 0 Å². The minimum atomic E-state index is -0.509. The van der Waals surface area contributed by atoms with Gasteiger partial charge in [0.1, 0.15) is 0 Å². The lowest BCUT2D eigenvalue weighted by Crippen LogP contribution is -2.52. The molecule has 2 heteroatoms. The van der Waals surface area contributed by atoms with E-state index in [1.54, 1.807) is 0 Å². The van der Waals surface area contributed by atoms with E-state index in [4.69, 9.17) is 0 Å². The summed E-state index contributed by atoms with van der Waals surface area (Å²) in [6, 6.07) is 0.403. The van der Waals surface area contributed by atoms with Crippen molar-refractivity contribution < 1.29 is 5.11 Å². The van der Waals surface area contributed by atoms with Crippen LogP contribution < -0.4 is 0 Å². The van der Waals surface area contributed by atoms with Gasteiger partial charge < -0.3 is 5.11 Å². The molecule has 0 aromatic carbocycles. The van der Waals surface area contributed by atoms with Crippen LogP contribution in [-0.4, -0.2) is 34.7 Å². The molecule has 2 heterocycles. The molecule has 3 atom stereocenters. The maximum absolute atomic E-state index is 10.6. The molecular formula is C16H29NO. The first-order valence-electron chi connectivity index (χ1n) is 7.69. The van der Waals surface area contributed by atoms with Gasteiger partial charge in [-0.05, 0) is 45.1 Å². The van der Waals surface area contributed by atoms with E-state index in [2.05, 4.69) is 24.8 Å². The fraction of sp³-hybridized carbons (Fsp3) is 0.875. The molecule has 0 aromatic rings. The number of fused-ring (bicyclic) bond motifs is 1.